The fourth-order valence-electron chi connectivity index (χ4n) is 2.17. The van der Waals surface area contributed by atoms with Gasteiger partial charge in [0.05, 0.1) is 11.4 Å². The van der Waals surface area contributed by atoms with Crippen molar-refractivity contribution in [3.63, 3.8) is 0 Å². The zero-order valence-electron chi connectivity index (χ0n) is 15.8. The Kier molecular flexibility index (Phi) is 7.39. The lowest BCUT2D eigenvalue weighted by Gasteiger charge is -2.20. The van der Waals surface area contributed by atoms with Gasteiger partial charge in [-0.1, -0.05) is 12.1 Å². The van der Waals surface area contributed by atoms with Crippen molar-refractivity contribution in [2.75, 3.05) is 16.4 Å². The second-order valence-electron chi connectivity index (χ2n) is 6.89. The van der Waals surface area contributed by atoms with Crippen molar-refractivity contribution in [3.8, 4) is 0 Å². The van der Waals surface area contributed by atoms with Crippen molar-refractivity contribution >= 4 is 35.1 Å². The number of anilines is 2. The summed E-state index contributed by atoms with van der Waals surface area (Å²) >= 11 is 1.21. The molecule has 2 rings (SSSR count). The average molecular weight is 408 g/mol. The van der Waals surface area contributed by atoms with Crippen LogP contribution in [-0.4, -0.2) is 23.4 Å². The third-order valence-corrected chi connectivity index (χ3v) is 4.36. The monoisotopic (exact) mass is 408 g/mol. The Balaban J connectivity index is 1.96. The van der Waals surface area contributed by atoms with Crippen LogP contribution in [0.5, 0.6) is 0 Å². The van der Waals surface area contributed by atoms with Gasteiger partial charge in [0.1, 0.15) is 17.2 Å². The first kappa shape index (κ1) is 21.7. The molecular formula is C20H22F2N2O3S. The average Bonchev–Trinajstić information content (AvgIpc) is 2.57. The molecule has 0 saturated heterocycles. The van der Waals surface area contributed by atoms with E-state index in [0.29, 0.717) is 10.6 Å². The van der Waals surface area contributed by atoms with Crippen LogP contribution in [0.25, 0.3) is 0 Å². The first-order valence-electron chi connectivity index (χ1n) is 8.61. The highest BCUT2D eigenvalue weighted by Crippen LogP contribution is 2.25. The van der Waals surface area contributed by atoms with E-state index in [1.54, 1.807) is 39.0 Å². The summed E-state index contributed by atoms with van der Waals surface area (Å²) in [7, 11) is 0. The van der Waals surface area contributed by atoms with E-state index in [9.17, 15) is 18.4 Å². The predicted molar refractivity (Wildman–Crippen MR) is 107 cm³/mol. The van der Waals surface area contributed by atoms with E-state index in [-0.39, 0.29) is 29.5 Å². The Labute approximate surface area is 166 Å². The molecule has 2 aromatic carbocycles. The Morgan fingerprint density at radius 2 is 1.75 bits per heavy atom. The lowest BCUT2D eigenvalue weighted by molar-refractivity contribution is -0.115. The van der Waals surface area contributed by atoms with E-state index in [4.69, 9.17) is 4.74 Å². The number of halogens is 2. The van der Waals surface area contributed by atoms with E-state index in [0.717, 1.165) is 12.1 Å². The minimum atomic E-state index is -0.718. The molecule has 2 N–H and O–H groups in total. The SMILES string of the molecule is CC(C)(C)OC(=O)Nc1ccc(F)cc1NC(=O)CCSc1ccccc1F. The first-order valence-corrected chi connectivity index (χ1v) is 9.59. The molecule has 8 heteroatoms. The summed E-state index contributed by atoms with van der Waals surface area (Å²) in [5.41, 5.74) is -0.366. The minimum Gasteiger partial charge on any atom is -0.444 e. The summed E-state index contributed by atoms with van der Waals surface area (Å²) in [5, 5.41) is 5.06. The number of benzene rings is 2. The minimum absolute atomic E-state index is 0.0847. The number of hydrogen-bond donors (Lipinski definition) is 2. The highest BCUT2D eigenvalue weighted by atomic mass is 32.2. The number of carbonyl (C=O) groups is 2. The molecule has 0 aliphatic carbocycles. The van der Waals surface area contributed by atoms with Crippen LogP contribution in [-0.2, 0) is 9.53 Å². The van der Waals surface area contributed by atoms with Gasteiger partial charge < -0.3 is 10.1 Å². The molecule has 2 aromatic rings. The first-order chi connectivity index (χ1) is 13.1. The maximum Gasteiger partial charge on any atom is 0.412 e. The number of carbonyl (C=O) groups excluding carboxylic acids is 2. The van der Waals surface area contributed by atoms with Crippen molar-refractivity contribution in [1.82, 2.24) is 0 Å². The Bertz CT molecular complexity index is 854. The third kappa shape index (κ3) is 7.19. The lowest BCUT2D eigenvalue weighted by Crippen LogP contribution is -2.27. The number of hydrogen-bond acceptors (Lipinski definition) is 4. The summed E-state index contributed by atoms with van der Waals surface area (Å²) in [5.74, 6) is -0.953. The molecule has 0 unspecified atom stereocenters. The van der Waals surface area contributed by atoms with Gasteiger partial charge in [0.15, 0.2) is 0 Å². The lowest BCUT2D eigenvalue weighted by atomic mass is 10.2. The van der Waals surface area contributed by atoms with Crippen LogP contribution >= 0.6 is 11.8 Å². The summed E-state index contributed by atoms with van der Waals surface area (Å²) < 4.78 is 32.3. The summed E-state index contributed by atoms with van der Waals surface area (Å²) in [6.45, 7) is 5.15. The Morgan fingerprint density at radius 3 is 2.43 bits per heavy atom. The Hall–Kier alpha value is -2.61. The molecule has 0 aliphatic rings. The van der Waals surface area contributed by atoms with Gasteiger partial charge in [0, 0.05) is 17.1 Å². The van der Waals surface area contributed by atoms with E-state index in [1.807, 2.05) is 0 Å². The van der Waals surface area contributed by atoms with Crippen LogP contribution in [0.4, 0.5) is 25.0 Å². The molecule has 0 bridgehead atoms. The van der Waals surface area contributed by atoms with Crippen LogP contribution in [0, 0.1) is 11.6 Å². The van der Waals surface area contributed by atoms with Gasteiger partial charge in [-0.3, -0.25) is 10.1 Å². The number of nitrogens with one attached hydrogen (secondary N) is 2. The topological polar surface area (TPSA) is 67.4 Å². The van der Waals surface area contributed by atoms with Crippen molar-refractivity contribution in [2.24, 2.45) is 0 Å². The van der Waals surface area contributed by atoms with Crippen molar-refractivity contribution in [3.05, 3.63) is 54.1 Å². The van der Waals surface area contributed by atoms with Crippen LogP contribution in [0.15, 0.2) is 47.4 Å². The second-order valence-corrected chi connectivity index (χ2v) is 8.03. The molecule has 5 nitrogen and oxygen atoms in total. The quantitative estimate of drug-likeness (QED) is 0.625. The standard InChI is InChI=1S/C20H22F2N2O3S/c1-20(2,3)27-19(26)24-15-9-8-13(21)12-16(15)23-18(25)10-11-28-17-7-5-4-6-14(17)22/h4-9,12H,10-11H2,1-3H3,(H,23,25)(H,24,26). The van der Waals surface area contributed by atoms with Gasteiger partial charge in [-0.05, 0) is 51.1 Å². The third-order valence-electron chi connectivity index (χ3n) is 3.31. The fourth-order valence-corrected chi connectivity index (χ4v) is 3.06. The highest BCUT2D eigenvalue weighted by Gasteiger charge is 2.18. The predicted octanol–water partition coefficient (Wildman–Crippen LogP) is 5.43. The maximum atomic E-state index is 13.6. The van der Waals surface area contributed by atoms with Crippen LogP contribution < -0.4 is 10.6 Å². The fraction of sp³-hybridized carbons (Fsp3) is 0.300. The van der Waals surface area contributed by atoms with Crippen LogP contribution in [0.2, 0.25) is 0 Å². The zero-order valence-corrected chi connectivity index (χ0v) is 16.7. The van der Waals surface area contributed by atoms with Gasteiger partial charge in [0.25, 0.3) is 0 Å². The van der Waals surface area contributed by atoms with Crippen LogP contribution in [0.3, 0.4) is 0 Å². The van der Waals surface area contributed by atoms with Gasteiger partial charge in [0.2, 0.25) is 5.91 Å². The molecule has 0 aromatic heterocycles. The number of ether oxygens (including phenoxy) is 1. The normalized spacial score (nSPS) is 11.0. The largest absolute Gasteiger partial charge is 0.444 e. The Morgan fingerprint density at radius 1 is 1.04 bits per heavy atom. The smallest absolute Gasteiger partial charge is 0.412 e. The second kappa shape index (κ2) is 9.54. The van der Waals surface area contributed by atoms with Gasteiger partial charge in [-0.25, -0.2) is 13.6 Å². The van der Waals surface area contributed by atoms with E-state index in [2.05, 4.69) is 10.6 Å². The zero-order chi connectivity index (χ0) is 20.7. The van der Waals surface area contributed by atoms with Gasteiger partial charge >= 0.3 is 6.09 Å². The molecule has 0 saturated carbocycles. The van der Waals surface area contributed by atoms with Gasteiger partial charge in [-0.15, -0.1) is 11.8 Å². The molecule has 0 radical (unpaired) electrons. The van der Waals surface area contributed by atoms with E-state index < -0.39 is 17.5 Å². The summed E-state index contributed by atoms with van der Waals surface area (Å²) in [4.78, 5) is 24.6. The summed E-state index contributed by atoms with van der Waals surface area (Å²) in [6.07, 6.45) is -0.633. The maximum absolute atomic E-state index is 13.6. The molecule has 28 heavy (non-hydrogen) atoms. The summed E-state index contributed by atoms with van der Waals surface area (Å²) in [6, 6.07) is 9.90. The van der Waals surface area contributed by atoms with E-state index in [1.165, 1.54) is 23.9 Å². The van der Waals surface area contributed by atoms with Crippen molar-refractivity contribution in [2.45, 2.75) is 37.7 Å². The van der Waals surface area contributed by atoms with Crippen molar-refractivity contribution in [1.29, 1.82) is 0 Å². The molecule has 0 atom stereocenters. The number of amides is 2. The number of thioether (sulfide) groups is 1. The molecule has 2 amide bonds. The molecular weight excluding hydrogens is 386 g/mol. The van der Waals surface area contributed by atoms with E-state index >= 15 is 0 Å². The van der Waals surface area contributed by atoms with Crippen LogP contribution in [0.1, 0.15) is 27.2 Å². The molecule has 0 heterocycles. The highest BCUT2D eigenvalue weighted by molar-refractivity contribution is 7.99. The molecule has 0 spiro atoms. The molecule has 150 valence electrons. The van der Waals surface area contributed by atoms with Crippen molar-refractivity contribution < 1.29 is 23.1 Å². The van der Waals surface area contributed by atoms with Gasteiger partial charge in [-0.2, -0.15) is 0 Å². The molecule has 0 aliphatic heterocycles. The number of rotatable bonds is 6. The molecule has 0 fully saturated rings.